The summed E-state index contributed by atoms with van der Waals surface area (Å²) >= 11 is 5.19. The maximum atomic E-state index is 10.4. The van der Waals surface area contributed by atoms with Gasteiger partial charge in [-0.1, -0.05) is 0 Å². The molecular weight excluding hydrogens is 140 g/mol. The molecule has 2 unspecified atom stereocenters. The summed E-state index contributed by atoms with van der Waals surface area (Å²) in [6.07, 6.45) is 1.60. The van der Waals surface area contributed by atoms with Crippen LogP contribution in [0.5, 0.6) is 0 Å². The van der Waals surface area contributed by atoms with E-state index in [0.29, 0.717) is 0 Å². The fraction of sp³-hybridized carbons (Fsp3) is 0.833. The number of carbonyl (C=O) groups is 1. The van der Waals surface area contributed by atoms with Gasteiger partial charge in [-0.3, -0.25) is 4.79 Å². The predicted octanol–water partition coefficient (Wildman–Crippen LogP) is 1.32. The van der Waals surface area contributed by atoms with E-state index in [0.717, 1.165) is 12.8 Å². The highest BCUT2D eigenvalue weighted by atomic mass is 35.5. The third-order valence-electron chi connectivity index (χ3n) is 1.49. The van der Waals surface area contributed by atoms with Crippen molar-refractivity contribution in [3.8, 4) is 0 Å². The van der Waals surface area contributed by atoms with Crippen molar-refractivity contribution in [2.45, 2.75) is 32.0 Å². The van der Waals surface area contributed by atoms with Crippen molar-refractivity contribution < 1.29 is 9.53 Å². The van der Waals surface area contributed by atoms with Crippen molar-refractivity contribution in [2.24, 2.45) is 0 Å². The van der Waals surface area contributed by atoms with E-state index in [2.05, 4.69) is 0 Å². The highest BCUT2D eigenvalue weighted by Crippen LogP contribution is 2.20. The van der Waals surface area contributed by atoms with Crippen molar-refractivity contribution in [3.05, 3.63) is 0 Å². The van der Waals surface area contributed by atoms with Crippen molar-refractivity contribution >= 4 is 16.8 Å². The van der Waals surface area contributed by atoms with Crippen LogP contribution in [0.15, 0.2) is 0 Å². The molecule has 1 heterocycles. The van der Waals surface area contributed by atoms with Crippen LogP contribution < -0.4 is 0 Å². The lowest BCUT2D eigenvalue weighted by atomic mass is 10.2. The number of rotatable bonds is 1. The Morgan fingerprint density at radius 2 is 2.33 bits per heavy atom. The van der Waals surface area contributed by atoms with Gasteiger partial charge < -0.3 is 4.74 Å². The number of hydrogen-bond donors (Lipinski definition) is 0. The van der Waals surface area contributed by atoms with Gasteiger partial charge in [-0.25, -0.2) is 0 Å². The maximum Gasteiger partial charge on any atom is 0.250 e. The van der Waals surface area contributed by atoms with E-state index in [4.69, 9.17) is 16.3 Å². The van der Waals surface area contributed by atoms with Crippen LogP contribution in [0.2, 0.25) is 0 Å². The molecule has 1 aliphatic rings. The standard InChI is InChI=1S/C6H9ClO2/c1-4-2-3-5(9-4)6(7)8/h4-5H,2-3H2,1H3. The summed E-state index contributed by atoms with van der Waals surface area (Å²) in [5.41, 5.74) is 0. The largest absolute Gasteiger partial charge is 0.366 e. The van der Waals surface area contributed by atoms with E-state index < -0.39 is 0 Å². The van der Waals surface area contributed by atoms with Crippen LogP contribution in [0.25, 0.3) is 0 Å². The second-order valence-electron chi connectivity index (χ2n) is 2.32. The van der Waals surface area contributed by atoms with Crippen LogP contribution >= 0.6 is 11.6 Å². The van der Waals surface area contributed by atoms with Gasteiger partial charge in [0.25, 0.3) is 5.24 Å². The van der Waals surface area contributed by atoms with E-state index in [-0.39, 0.29) is 17.5 Å². The van der Waals surface area contributed by atoms with Crippen LogP contribution in [-0.2, 0) is 9.53 Å². The summed E-state index contributed by atoms with van der Waals surface area (Å²) in [7, 11) is 0. The van der Waals surface area contributed by atoms with Gasteiger partial charge in [0.1, 0.15) is 6.10 Å². The summed E-state index contributed by atoms with van der Waals surface area (Å²) in [5.74, 6) is 0. The fourth-order valence-corrected chi connectivity index (χ4v) is 1.13. The first-order chi connectivity index (χ1) is 4.20. The van der Waals surface area contributed by atoms with Crippen LogP contribution in [0.1, 0.15) is 19.8 Å². The lowest BCUT2D eigenvalue weighted by molar-refractivity contribution is -0.121. The van der Waals surface area contributed by atoms with Gasteiger partial charge in [0.05, 0.1) is 6.10 Å². The van der Waals surface area contributed by atoms with Crippen LogP contribution in [-0.4, -0.2) is 17.5 Å². The van der Waals surface area contributed by atoms with E-state index in [9.17, 15) is 4.79 Å². The zero-order valence-electron chi connectivity index (χ0n) is 5.26. The minimum atomic E-state index is -0.362. The Hall–Kier alpha value is -0.0800. The van der Waals surface area contributed by atoms with E-state index in [1.54, 1.807) is 0 Å². The molecule has 0 aromatic rings. The molecule has 0 spiro atoms. The molecule has 0 aromatic heterocycles. The lowest BCUT2D eigenvalue weighted by Crippen LogP contribution is -2.14. The first-order valence-electron chi connectivity index (χ1n) is 3.05. The van der Waals surface area contributed by atoms with Gasteiger partial charge in [0.2, 0.25) is 0 Å². The smallest absolute Gasteiger partial charge is 0.250 e. The molecular formula is C6H9ClO2. The molecule has 52 valence electrons. The molecule has 0 aromatic carbocycles. The van der Waals surface area contributed by atoms with E-state index in [1.807, 2.05) is 6.92 Å². The van der Waals surface area contributed by atoms with Crippen LogP contribution in [0, 0.1) is 0 Å². The highest BCUT2D eigenvalue weighted by molar-refractivity contribution is 6.64. The molecule has 0 aliphatic carbocycles. The van der Waals surface area contributed by atoms with E-state index in [1.165, 1.54) is 0 Å². The molecule has 2 nitrogen and oxygen atoms in total. The normalized spacial score (nSPS) is 34.9. The van der Waals surface area contributed by atoms with Crippen molar-refractivity contribution in [1.82, 2.24) is 0 Å². The zero-order chi connectivity index (χ0) is 6.85. The Balaban J connectivity index is 2.39. The molecule has 1 fully saturated rings. The molecule has 1 rings (SSSR count). The molecule has 1 aliphatic heterocycles. The molecule has 0 saturated carbocycles. The van der Waals surface area contributed by atoms with E-state index >= 15 is 0 Å². The Labute approximate surface area is 59.1 Å². The molecule has 0 bridgehead atoms. The van der Waals surface area contributed by atoms with Gasteiger partial charge in [-0.05, 0) is 31.4 Å². The summed E-state index contributed by atoms with van der Waals surface area (Å²) in [6, 6.07) is 0. The summed E-state index contributed by atoms with van der Waals surface area (Å²) in [4.78, 5) is 10.4. The Bertz CT molecular complexity index is 124. The topological polar surface area (TPSA) is 26.3 Å². The molecule has 9 heavy (non-hydrogen) atoms. The quantitative estimate of drug-likeness (QED) is 0.525. The van der Waals surface area contributed by atoms with Gasteiger partial charge in [0.15, 0.2) is 0 Å². The molecule has 1 saturated heterocycles. The fourth-order valence-electron chi connectivity index (χ4n) is 0.970. The minimum absolute atomic E-state index is 0.206. The van der Waals surface area contributed by atoms with Gasteiger partial charge in [-0.2, -0.15) is 0 Å². The molecule has 0 N–H and O–H groups in total. The van der Waals surface area contributed by atoms with Crippen LogP contribution in [0.4, 0.5) is 0 Å². The van der Waals surface area contributed by atoms with Gasteiger partial charge >= 0.3 is 0 Å². The Morgan fingerprint density at radius 3 is 2.56 bits per heavy atom. The van der Waals surface area contributed by atoms with Gasteiger partial charge in [-0.15, -0.1) is 0 Å². The molecule has 0 amide bonds. The third-order valence-corrected chi connectivity index (χ3v) is 1.73. The summed E-state index contributed by atoms with van der Waals surface area (Å²) in [6.45, 7) is 1.94. The Morgan fingerprint density at radius 1 is 1.67 bits per heavy atom. The number of ether oxygens (including phenoxy) is 1. The minimum Gasteiger partial charge on any atom is -0.366 e. The molecule has 3 heteroatoms. The van der Waals surface area contributed by atoms with Crippen LogP contribution in [0.3, 0.4) is 0 Å². The zero-order valence-corrected chi connectivity index (χ0v) is 6.02. The highest BCUT2D eigenvalue weighted by Gasteiger charge is 2.26. The van der Waals surface area contributed by atoms with Crippen molar-refractivity contribution in [3.63, 3.8) is 0 Å². The van der Waals surface area contributed by atoms with Crippen molar-refractivity contribution in [1.29, 1.82) is 0 Å². The monoisotopic (exact) mass is 148 g/mol. The molecule has 0 radical (unpaired) electrons. The predicted molar refractivity (Wildman–Crippen MR) is 34.4 cm³/mol. The first-order valence-corrected chi connectivity index (χ1v) is 3.42. The number of halogens is 1. The number of hydrogen-bond acceptors (Lipinski definition) is 2. The maximum absolute atomic E-state index is 10.4. The van der Waals surface area contributed by atoms with Crippen molar-refractivity contribution in [2.75, 3.05) is 0 Å². The molecule has 2 atom stereocenters. The number of carbonyl (C=O) groups excluding carboxylic acids is 1. The SMILES string of the molecule is CC1CCC(C(=O)Cl)O1. The average Bonchev–Trinajstić information content (AvgIpc) is 2.14. The summed E-state index contributed by atoms with van der Waals surface area (Å²) in [5, 5.41) is -0.362. The second kappa shape index (κ2) is 2.67. The average molecular weight is 149 g/mol. The lowest BCUT2D eigenvalue weighted by Gasteiger charge is -2.03. The third kappa shape index (κ3) is 1.66. The second-order valence-corrected chi connectivity index (χ2v) is 2.69. The summed E-state index contributed by atoms with van der Waals surface area (Å²) < 4.78 is 5.14. The first kappa shape index (κ1) is 7.03. The Kier molecular flexibility index (Phi) is 2.09. The van der Waals surface area contributed by atoms with Gasteiger partial charge in [0, 0.05) is 0 Å².